The van der Waals surface area contributed by atoms with Gasteiger partial charge in [-0.25, -0.2) is 19.7 Å². The lowest BCUT2D eigenvalue weighted by atomic mass is 10.2. The third kappa shape index (κ3) is 15.6. The van der Waals surface area contributed by atoms with Gasteiger partial charge in [0.15, 0.2) is 5.82 Å². The molecule has 0 bridgehead atoms. The number of carbonyl (C=O) groups excluding carboxylic acids is 2. The highest BCUT2D eigenvalue weighted by atomic mass is 32.2. The lowest BCUT2D eigenvalue weighted by molar-refractivity contribution is -0.138. The minimum atomic E-state index is -4.54. The smallest absolute Gasteiger partial charge is 0.417 e. The van der Waals surface area contributed by atoms with Crippen molar-refractivity contribution in [1.82, 2.24) is 15.0 Å². The number of aromatic nitrogens is 3. The second kappa shape index (κ2) is 27.9. The molecule has 0 fully saturated rings. The number of aromatic carboxylic acids is 1. The number of hydrogen-bond donors (Lipinski definition) is 6. The number of anilines is 6. The maximum absolute atomic E-state index is 13.0. The number of carbonyl (C=O) groups is 3. The summed E-state index contributed by atoms with van der Waals surface area (Å²) in [5, 5.41) is 20.0. The molecule has 0 aliphatic carbocycles. The molecule has 9 rings (SSSR count). The predicted molar refractivity (Wildman–Crippen MR) is 318 cm³/mol. The van der Waals surface area contributed by atoms with E-state index in [0.717, 1.165) is 92.8 Å². The van der Waals surface area contributed by atoms with E-state index in [1.54, 1.807) is 23.5 Å². The number of nitrogens with zero attached hydrogens (tertiary/aromatic N) is 4. The Morgan fingerprint density at radius 2 is 0.939 bits per heavy atom. The van der Waals surface area contributed by atoms with Crippen molar-refractivity contribution in [2.24, 2.45) is 0 Å². The minimum Gasteiger partial charge on any atom is -0.477 e. The molecule has 0 saturated heterocycles. The number of carboxylic acid groups (broad SMARTS) is 1. The number of pyridine rings is 3. The Bertz CT molecular complexity index is 3720. The summed E-state index contributed by atoms with van der Waals surface area (Å²) in [6, 6.07) is 25.7. The summed E-state index contributed by atoms with van der Waals surface area (Å²) in [5.74, 6) is 1.22. The number of fused-ring (bicyclic) bond motifs is 3. The van der Waals surface area contributed by atoms with Crippen LogP contribution in [0.4, 0.5) is 74.0 Å². The van der Waals surface area contributed by atoms with Crippen molar-refractivity contribution in [3.63, 3.8) is 0 Å². The Morgan fingerprint density at radius 3 is 1.35 bits per heavy atom. The number of thioether (sulfide) groups is 3. The summed E-state index contributed by atoms with van der Waals surface area (Å²) in [6.07, 6.45) is -11.3. The van der Waals surface area contributed by atoms with Crippen LogP contribution in [-0.4, -0.2) is 76.2 Å². The van der Waals surface area contributed by atoms with Crippen LogP contribution in [0.5, 0.6) is 0 Å². The quantitative estimate of drug-likeness (QED) is 0.0470. The first-order valence-corrected chi connectivity index (χ1v) is 29.5. The molecular weight excluding hydrogens is 1200 g/mol. The fourth-order valence-electron chi connectivity index (χ4n) is 7.46. The minimum absolute atomic E-state index is 0.00194. The zero-order valence-corrected chi connectivity index (χ0v) is 48.9. The largest absolute Gasteiger partial charge is 0.477 e. The summed E-state index contributed by atoms with van der Waals surface area (Å²) < 4.78 is 117. The number of nitrogen functional groups attached to an aromatic ring is 2. The van der Waals surface area contributed by atoms with Gasteiger partial charge in [-0.3, -0.25) is 14.5 Å². The van der Waals surface area contributed by atoms with Crippen LogP contribution < -0.4 is 32.3 Å². The van der Waals surface area contributed by atoms with Crippen molar-refractivity contribution in [2.45, 2.75) is 54.0 Å². The molecule has 82 heavy (non-hydrogen) atoms. The summed E-state index contributed by atoms with van der Waals surface area (Å²) in [4.78, 5) is 53.3. The molecule has 6 heterocycles. The average molecular weight is 1250 g/mol. The van der Waals surface area contributed by atoms with E-state index in [1.807, 2.05) is 93.6 Å². The Labute approximate surface area is 488 Å². The Morgan fingerprint density at radius 1 is 0.561 bits per heavy atom. The number of amides is 2. The van der Waals surface area contributed by atoms with E-state index in [4.69, 9.17) is 16.6 Å². The van der Waals surface area contributed by atoms with Gasteiger partial charge in [-0.15, -0.1) is 69.3 Å². The lowest BCUT2D eigenvalue weighted by Gasteiger charge is -2.19. The first-order chi connectivity index (χ1) is 38.8. The third-order valence-corrected chi connectivity index (χ3v) is 18.0. The Kier molecular flexibility index (Phi) is 21.8. The maximum Gasteiger partial charge on any atom is 0.417 e. The van der Waals surface area contributed by atoms with Crippen LogP contribution in [0.15, 0.2) is 124 Å². The molecule has 434 valence electrons. The molecule has 13 nitrogen and oxygen atoms in total. The van der Waals surface area contributed by atoms with Crippen LogP contribution in [0.25, 0.3) is 30.3 Å². The number of hydrogen-bond acceptors (Lipinski definition) is 16. The van der Waals surface area contributed by atoms with Gasteiger partial charge >= 0.3 is 24.5 Å². The van der Waals surface area contributed by atoms with Gasteiger partial charge in [0.2, 0.25) is 0 Å². The Balaban J connectivity index is 0.000000184. The molecule has 0 spiro atoms. The molecule has 0 aliphatic heterocycles. The molecule has 0 saturated carbocycles. The van der Waals surface area contributed by atoms with Gasteiger partial charge in [0.1, 0.15) is 26.3 Å². The first kappa shape index (κ1) is 64.2. The highest BCUT2D eigenvalue weighted by molar-refractivity contribution is 8.00. The number of nitrogens with one attached hydrogen (secondary N) is 3. The van der Waals surface area contributed by atoms with E-state index >= 15 is 0 Å². The molecule has 0 atom stereocenters. The van der Waals surface area contributed by atoms with Gasteiger partial charge in [0.25, 0.3) is 11.8 Å². The van der Waals surface area contributed by atoms with Gasteiger partial charge < -0.3 is 32.5 Å². The van der Waals surface area contributed by atoms with Crippen molar-refractivity contribution < 1.29 is 59.0 Å². The van der Waals surface area contributed by atoms with Crippen LogP contribution in [0.1, 0.15) is 66.5 Å². The monoisotopic (exact) mass is 1250 g/mol. The van der Waals surface area contributed by atoms with Crippen molar-refractivity contribution in [1.29, 1.82) is 0 Å². The second-order valence-electron chi connectivity index (χ2n) is 16.6. The molecule has 0 unspecified atom stereocenters. The van der Waals surface area contributed by atoms with Gasteiger partial charge in [-0.05, 0) is 53.7 Å². The molecule has 28 heteroatoms. The van der Waals surface area contributed by atoms with Gasteiger partial charge in [0.05, 0.1) is 33.8 Å². The molecule has 3 aromatic carbocycles. The fourth-order valence-corrected chi connectivity index (χ4v) is 14.1. The molecule has 0 radical (unpaired) electrons. The number of benzene rings is 3. The SMILES string of the molecule is CCSc1c(C(=O)N(C)c2ncc(C(F)(F)F)cc2N)sc2ccccc12.CCSc1c(C(=O)Nc2cc(C(F)(F)F)cnc2NC)sc2ccccc12.CCSc1c(C(=O)O)sc2ccccc12.CNc1ncc(C(F)(F)F)cc1N. The predicted octanol–water partition coefficient (Wildman–Crippen LogP) is 16.4. The molecular formula is C54H50F9N9O4S6. The van der Waals surface area contributed by atoms with Crippen molar-refractivity contribution >= 4 is 152 Å². The lowest BCUT2D eigenvalue weighted by Crippen LogP contribution is -2.28. The Hall–Kier alpha value is -6.98. The van der Waals surface area contributed by atoms with Crippen LogP contribution in [0.2, 0.25) is 0 Å². The van der Waals surface area contributed by atoms with Gasteiger partial charge in [-0.1, -0.05) is 75.4 Å². The summed E-state index contributed by atoms with van der Waals surface area (Å²) in [6.45, 7) is 6.00. The normalized spacial score (nSPS) is 11.5. The van der Waals surface area contributed by atoms with Gasteiger partial charge in [0, 0.05) is 84.7 Å². The van der Waals surface area contributed by atoms with Gasteiger partial charge in [-0.2, -0.15) is 39.5 Å². The van der Waals surface area contributed by atoms with E-state index in [-0.39, 0.29) is 40.4 Å². The molecule has 9 aromatic rings. The number of carboxylic acids is 1. The number of nitrogens with two attached hydrogens (primary N) is 2. The number of thiophene rings is 3. The van der Waals surface area contributed by atoms with E-state index in [9.17, 15) is 53.9 Å². The van der Waals surface area contributed by atoms with E-state index in [0.29, 0.717) is 20.8 Å². The average Bonchev–Trinajstić information content (AvgIpc) is 4.25. The van der Waals surface area contributed by atoms with E-state index < -0.39 is 47.1 Å². The fraction of sp³-hybridized carbons (Fsp3) is 0.222. The summed E-state index contributed by atoms with van der Waals surface area (Å²) in [7, 11) is 4.52. The molecule has 6 aromatic heterocycles. The maximum atomic E-state index is 13.0. The summed E-state index contributed by atoms with van der Waals surface area (Å²) in [5.41, 5.74) is 8.11. The molecule has 8 N–H and O–H groups in total. The standard InChI is InChI=1S/2C18H16F3N3OS2.C11H10O2S2.C7H8F3N3/c1-3-26-14-11-6-4-5-7-13(11)27-15(14)17(25)24(2)16-12(22)8-10(9-23-16)18(19,20)21;1-3-26-14-11-6-4-5-7-13(11)27-15(14)17(25)24-12-8-10(18(19,20)21)9-23-16(12)22-2;1-2-14-9-7-5-3-4-6-8(7)15-10(9)11(12)13;1-12-6-5(11)2-4(3-13-6)7(8,9)10/h4-9H,3,22H2,1-2H3;4-9H,3H2,1-2H3,(H,22,23)(H,24,25);3-6H,2H2,1H3,(H,12,13);2-3H,11H2,1H3,(H,12,13). The zero-order valence-electron chi connectivity index (χ0n) is 44.0. The molecule has 2 amide bonds. The number of alkyl halides is 9. The second-order valence-corrected chi connectivity index (χ2v) is 23.6. The van der Waals surface area contributed by atoms with Crippen molar-refractivity contribution in [3.8, 4) is 0 Å². The summed E-state index contributed by atoms with van der Waals surface area (Å²) >= 11 is 8.70. The first-order valence-electron chi connectivity index (χ1n) is 24.1. The van der Waals surface area contributed by atoms with Crippen LogP contribution in [0.3, 0.4) is 0 Å². The topological polar surface area (TPSA) is 201 Å². The van der Waals surface area contributed by atoms with E-state index in [1.165, 1.54) is 71.8 Å². The van der Waals surface area contributed by atoms with Crippen LogP contribution in [0, 0.1) is 0 Å². The van der Waals surface area contributed by atoms with Crippen LogP contribution in [-0.2, 0) is 18.5 Å². The third-order valence-electron chi connectivity index (χ3n) is 11.1. The molecule has 0 aliphatic rings. The zero-order chi connectivity index (χ0) is 60.3. The van der Waals surface area contributed by atoms with Crippen molar-refractivity contribution in [3.05, 3.63) is 141 Å². The number of rotatable bonds is 13. The van der Waals surface area contributed by atoms with Crippen molar-refractivity contribution in [2.75, 3.05) is 70.7 Å². The van der Waals surface area contributed by atoms with E-state index in [2.05, 4.69) is 30.9 Å². The van der Waals surface area contributed by atoms with Crippen LogP contribution >= 0.6 is 69.3 Å². The highest BCUT2D eigenvalue weighted by Gasteiger charge is 2.34. The number of halogens is 9. The highest BCUT2D eigenvalue weighted by Crippen LogP contribution is 2.43.